The van der Waals surface area contributed by atoms with E-state index in [9.17, 15) is 0 Å². The van der Waals surface area contributed by atoms with E-state index in [1.54, 1.807) is 0 Å². The Kier molecular flexibility index (Phi) is 7.29. The van der Waals surface area contributed by atoms with Gasteiger partial charge in [0.05, 0.1) is 0 Å². The predicted molar refractivity (Wildman–Crippen MR) is 59.8 cm³/mol. The quantitative estimate of drug-likeness (QED) is 0.708. The van der Waals surface area contributed by atoms with Crippen LogP contribution in [0.5, 0.6) is 0 Å². The minimum atomic E-state index is 0.535. The second-order valence-electron chi connectivity index (χ2n) is 3.67. The first-order chi connectivity index (χ1) is 6.33. The van der Waals surface area contributed by atoms with Crippen LogP contribution in [0.4, 0.5) is 0 Å². The third kappa shape index (κ3) is 4.10. The number of piperidine rings is 1. The Labute approximate surface area is 83.3 Å². The van der Waals surface area contributed by atoms with Gasteiger partial charge in [-0.05, 0) is 44.2 Å². The van der Waals surface area contributed by atoms with E-state index in [0.717, 1.165) is 6.54 Å². The first-order valence-corrected chi connectivity index (χ1v) is 5.74. The van der Waals surface area contributed by atoms with E-state index < -0.39 is 0 Å². The van der Waals surface area contributed by atoms with Crippen molar-refractivity contribution >= 4 is 0 Å². The van der Waals surface area contributed by atoms with Crippen molar-refractivity contribution in [3.05, 3.63) is 0 Å². The Bertz CT molecular complexity index is 101. The Morgan fingerprint density at radius 3 is 2.46 bits per heavy atom. The van der Waals surface area contributed by atoms with Gasteiger partial charge in [-0.25, -0.2) is 0 Å². The molecule has 1 rings (SSSR count). The molecule has 1 unspecified atom stereocenters. The molecule has 1 aliphatic rings. The lowest BCUT2D eigenvalue weighted by Crippen LogP contribution is -2.40. The third-order valence-electron chi connectivity index (χ3n) is 2.99. The molecule has 0 radical (unpaired) electrons. The highest BCUT2D eigenvalue weighted by molar-refractivity contribution is 4.84. The van der Waals surface area contributed by atoms with Crippen LogP contribution >= 0.6 is 0 Å². The maximum absolute atomic E-state index is 5.59. The molecule has 0 aliphatic carbocycles. The molecule has 0 bridgehead atoms. The smallest absolute Gasteiger partial charge is 0.000819 e. The molecule has 1 aliphatic heterocycles. The van der Waals surface area contributed by atoms with Crippen LogP contribution in [0.1, 0.15) is 46.5 Å². The average molecular weight is 186 g/mol. The van der Waals surface area contributed by atoms with E-state index in [0.29, 0.717) is 5.41 Å². The van der Waals surface area contributed by atoms with Gasteiger partial charge in [-0.3, -0.25) is 0 Å². The summed E-state index contributed by atoms with van der Waals surface area (Å²) < 4.78 is 0. The van der Waals surface area contributed by atoms with E-state index in [1.807, 2.05) is 13.8 Å². The van der Waals surface area contributed by atoms with Crippen molar-refractivity contribution in [2.45, 2.75) is 46.5 Å². The minimum Gasteiger partial charge on any atom is -0.330 e. The van der Waals surface area contributed by atoms with Crippen molar-refractivity contribution in [2.75, 3.05) is 19.6 Å². The van der Waals surface area contributed by atoms with E-state index >= 15 is 0 Å². The monoisotopic (exact) mass is 186 g/mol. The van der Waals surface area contributed by atoms with Gasteiger partial charge in [-0.2, -0.15) is 0 Å². The molecule has 1 fully saturated rings. The van der Waals surface area contributed by atoms with Gasteiger partial charge in [-0.1, -0.05) is 20.8 Å². The molecule has 0 spiro atoms. The van der Waals surface area contributed by atoms with Crippen LogP contribution in [0.25, 0.3) is 0 Å². The summed E-state index contributed by atoms with van der Waals surface area (Å²) in [4.78, 5) is 0. The minimum absolute atomic E-state index is 0.535. The molecular formula is C11H26N2. The summed E-state index contributed by atoms with van der Waals surface area (Å²) in [5, 5.41) is 3.46. The lowest BCUT2D eigenvalue weighted by molar-refractivity contribution is 0.187. The maximum atomic E-state index is 5.59. The topological polar surface area (TPSA) is 38.0 Å². The van der Waals surface area contributed by atoms with E-state index in [1.165, 1.54) is 38.8 Å². The van der Waals surface area contributed by atoms with Crippen molar-refractivity contribution in [1.29, 1.82) is 0 Å². The predicted octanol–water partition coefficient (Wildman–Crippen LogP) is 2.14. The van der Waals surface area contributed by atoms with Crippen LogP contribution in [-0.2, 0) is 0 Å². The van der Waals surface area contributed by atoms with Crippen molar-refractivity contribution < 1.29 is 0 Å². The van der Waals surface area contributed by atoms with E-state index in [-0.39, 0.29) is 0 Å². The molecule has 0 amide bonds. The lowest BCUT2D eigenvalue weighted by Gasteiger charge is -2.36. The second-order valence-corrected chi connectivity index (χ2v) is 3.67. The van der Waals surface area contributed by atoms with Crippen molar-refractivity contribution in [1.82, 2.24) is 5.32 Å². The fourth-order valence-corrected chi connectivity index (χ4v) is 2.03. The molecule has 1 saturated heterocycles. The Balaban J connectivity index is 0.000000671. The summed E-state index contributed by atoms with van der Waals surface area (Å²) in [6, 6.07) is 0. The van der Waals surface area contributed by atoms with Crippen LogP contribution < -0.4 is 11.1 Å². The highest BCUT2D eigenvalue weighted by Gasteiger charge is 2.28. The van der Waals surface area contributed by atoms with Crippen LogP contribution in [-0.4, -0.2) is 19.6 Å². The van der Waals surface area contributed by atoms with Gasteiger partial charge in [0.1, 0.15) is 0 Å². The fraction of sp³-hybridized carbons (Fsp3) is 1.00. The van der Waals surface area contributed by atoms with E-state index in [2.05, 4.69) is 12.2 Å². The zero-order chi connectivity index (χ0) is 10.2. The molecule has 13 heavy (non-hydrogen) atoms. The van der Waals surface area contributed by atoms with Crippen LogP contribution in [0.2, 0.25) is 0 Å². The molecular weight excluding hydrogens is 160 g/mol. The van der Waals surface area contributed by atoms with Crippen LogP contribution in [0.15, 0.2) is 0 Å². The average Bonchev–Trinajstić information content (AvgIpc) is 2.23. The summed E-state index contributed by atoms with van der Waals surface area (Å²) in [6.45, 7) is 9.51. The second kappa shape index (κ2) is 7.34. The molecule has 1 heterocycles. The summed E-state index contributed by atoms with van der Waals surface area (Å²) in [6.07, 6.45) is 5.16. The summed E-state index contributed by atoms with van der Waals surface area (Å²) >= 11 is 0. The normalized spacial score (nSPS) is 27.7. The molecule has 0 aromatic heterocycles. The van der Waals surface area contributed by atoms with Gasteiger partial charge in [0, 0.05) is 6.54 Å². The highest BCUT2D eigenvalue weighted by atomic mass is 14.9. The van der Waals surface area contributed by atoms with Crippen molar-refractivity contribution in [3.8, 4) is 0 Å². The number of rotatable bonds is 3. The molecule has 2 nitrogen and oxygen atoms in total. The van der Waals surface area contributed by atoms with Gasteiger partial charge in [0.2, 0.25) is 0 Å². The first-order valence-electron chi connectivity index (χ1n) is 5.74. The molecule has 2 heteroatoms. The zero-order valence-electron chi connectivity index (χ0n) is 9.53. The molecule has 0 aromatic carbocycles. The van der Waals surface area contributed by atoms with Crippen molar-refractivity contribution in [2.24, 2.45) is 11.1 Å². The van der Waals surface area contributed by atoms with Crippen LogP contribution in [0, 0.1) is 5.41 Å². The number of nitrogens with one attached hydrogen (secondary N) is 1. The Morgan fingerprint density at radius 1 is 1.38 bits per heavy atom. The standard InChI is InChI=1S/C9H20N2.C2H6/c1-2-9(5-6-10)4-3-7-11-8-9;1-2/h11H,2-8,10H2,1H3;1-2H3. The zero-order valence-corrected chi connectivity index (χ0v) is 9.53. The van der Waals surface area contributed by atoms with Gasteiger partial charge in [0.15, 0.2) is 0 Å². The first kappa shape index (κ1) is 12.9. The SMILES string of the molecule is CC.CCC1(CCN)CCCNC1. The van der Waals surface area contributed by atoms with Crippen molar-refractivity contribution in [3.63, 3.8) is 0 Å². The van der Waals surface area contributed by atoms with Crippen LogP contribution in [0.3, 0.4) is 0 Å². The fourth-order valence-electron chi connectivity index (χ4n) is 2.03. The number of nitrogens with two attached hydrogens (primary N) is 1. The molecule has 0 saturated carbocycles. The maximum Gasteiger partial charge on any atom is 0.000819 e. The van der Waals surface area contributed by atoms with Gasteiger partial charge >= 0.3 is 0 Å². The Hall–Kier alpha value is -0.0800. The summed E-state index contributed by atoms with van der Waals surface area (Å²) in [5.74, 6) is 0. The van der Waals surface area contributed by atoms with Gasteiger partial charge in [0.25, 0.3) is 0 Å². The van der Waals surface area contributed by atoms with Gasteiger partial charge in [-0.15, -0.1) is 0 Å². The number of hydrogen-bond donors (Lipinski definition) is 2. The Morgan fingerprint density at radius 2 is 2.08 bits per heavy atom. The van der Waals surface area contributed by atoms with Gasteiger partial charge < -0.3 is 11.1 Å². The summed E-state index contributed by atoms with van der Waals surface area (Å²) in [7, 11) is 0. The molecule has 1 atom stereocenters. The molecule has 80 valence electrons. The summed E-state index contributed by atoms with van der Waals surface area (Å²) in [5.41, 5.74) is 6.13. The molecule has 0 aromatic rings. The largest absolute Gasteiger partial charge is 0.330 e. The number of hydrogen-bond acceptors (Lipinski definition) is 2. The third-order valence-corrected chi connectivity index (χ3v) is 2.99. The lowest BCUT2D eigenvalue weighted by atomic mass is 9.76. The molecule has 3 N–H and O–H groups in total. The highest BCUT2D eigenvalue weighted by Crippen LogP contribution is 2.32. The van der Waals surface area contributed by atoms with E-state index in [4.69, 9.17) is 5.73 Å².